The predicted molar refractivity (Wildman–Crippen MR) is 107 cm³/mol. The second kappa shape index (κ2) is 10.0. The Kier molecular flexibility index (Phi) is 7.19. The van der Waals surface area contributed by atoms with Crippen LogP contribution in [-0.4, -0.2) is 70.6 Å². The number of benzene rings is 1. The summed E-state index contributed by atoms with van der Waals surface area (Å²) in [7, 11) is 0. The molecule has 1 aromatic heterocycles. The molecule has 2 heterocycles. The molecule has 0 N–H and O–H groups in total. The number of rotatable bonds is 8. The molecule has 0 aliphatic carbocycles. The Labute approximate surface area is 165 Å². The third-order valence-electron chi connectivity index (χ3n) is 4.98. The normalized spacial score (nSPS) is 14.8. The SMILES string of the molecule is CCOC(=O)CCC(=O)N1CCN(CCn2ccnc2-c2ccccc2)CC1. The van der Waals surface area contributed by atoms with E-state index in [1.807, 2.05) is 35.5 Å². The van der Waals surface area contributed by atoms with Gasteiger partial charge in [0.1, 0.15) is 5.82 Å². The second-order valence-electron chi connectivity index (χ2n) is 6.84. The minimum Gasteiger partial charge on any atom is -0.466 e. The highest BCUT2D eigenvalue weighted by Crippen LogP contribution is 2.17. The maximum Gasteiger partial charge on any atom is 0.306 e. The predicted octanol–water partition coefficient (Wildman–Crippen LogP) is 2.04. The summed E-state index contributed by atoms with van der Waals surface area (Å²) in [6, 6.07) is 10.2. The molecule has 1 aliphatic rings. The van der Waals surface area contributed by atoms with Crippen LogP contribution in [0.25, 0.3) is 11.4 Å². The van der Waals surface area contributed by atoms with Crippen LogP contribution in [0.2, 0.25) is 0 Å². The summed E-state index contributed by atoms with van der Waals surface area (Å²) < 4.78 is 7.05. The number of hydrogen-bond donors (Lipinski definition) is 0. The van der Waals surface area contributed by atoms with Crippen molar-refractivity contribution in [1.82, 2.24) is 19.4 Å². The van der Waals surface area contributed by atoms with Crippen molar-refractivity contribution in [3.63, 3.8) is 0 Å². The molecule has 1 saturated heterocycles. The fraction of sp³-hybridized carbons (Fsp3) is 0.476. The van der Waals surface area contributed by atoms with E-state index in [9.17, 15) is 9.59 Å². The van der Waals surface area contributed by atoms with Crippen molar-refractivity contribution in [2.24, 2.45) is 0 Å². The lowest BCUT2D eigenvalue weighted by Crippen LogP contribution is -2.49. The Morgan fingerprint density at radius 3 is 2.50 bits per heavy atom. The van der Waals surface area contributed by atoms with Crippen molar-refractivity contribution < 1.29 is 14.3 Å². The molecule has 1 aliphatic heterocycles. The van der Waals surface area contributed by atoms with E-state index in [1.54, 1.807) is 6.92 Å². The van der Waals surface area contributed by atoms with Crippen LogP contribution in [0.5, 0.6) is 0 Å². The van der Waals surface area contributed by atoms with E-state index in [0.717, 1.165) is 37.6 Å². The number of hydrogen-bond acceptors (Lipinski definition) is 5. The minimum atomic E-state index is -0.302. The average Bonchev–Trinajstić information content (AvgIpc) is 3.20. The Morgan fingerprint density at radius 2 is 1.79 bits per heavy atom. The largest absolute Gasteiger partial charge is 0.466 e. The van der Waals surface area contributed by atoms with Crippen molar-refractivity contribution in [2.45, 2.75) is 26.3 Å². The number of carbonyl (C=O) groups excluding carboxylic acids is 2. The number of ether oxygens (including phenoxy) is 1. The van der Waals surface area contributed by atoms with Crippen LogP contribution in [0.15, 0.2) is 42.7 Å². The van der Waals surface area contributed by atoms with Gasteiger partial charge in [0.05, 0.1) is 13.0 Å². The van der Waals surface area contributed by atoms with Crippen LogP contribution >= 0.6 is 0 Å². The quantitative estimate of drug-likeness (QED) is 0.652. The van der Waals surface area contributed by atoms with Crippen molar-refractivity contribution in [2.75, 3.05) is 39.3 Å². The van der Waals surface area contributed by atoms with Crippen LogP contribution < -0.4 is 0 Å². The molecular weight excluding hydrogens is 356 g/mol. The van der Waals surface area contributed by atoms with Crippen LogP contribution in [0.1, 0.15) is 19.8 Å². The summed E-state index contributed by atoms with van der Waals surface area (Å²) in [5.41, 5.74) is 1.12. The first-order valence-corrected chi connectivity index (χ1v) is 9.89. The molecule has 0 unspecified atom stereocenters. The first-order chi connectivity index (χ1) is 13.7. The zero-order valence-electron chi connectivity index (χ0n) is 16.4. The Hall–Kier alpha value is -2.67. The summed E-state index contributed by atoms with van der Waals surface area (Å²) >= 11 is 0. The van der Waals surface area contributed by atoms with Gasteiger partial charge in [-0.25, -0.2) is 4.98 Å². The molecule has 0 radical (unpaired) electrons. The maximum atomic E-state index is 12.2. The van der Waals surface area contributed by atoms with E-state index < -0.39 is 0 Å². The van der Waals surface area contributed by atoms with Gasteiger partial charge in [-0.15, -0.1) is 0 Å². The molecule has 0 spiro atoms. The van der Waals surface area contributed by atoms with Crippen molar-refractivity contribution in [3.8, 4) is 11.4 Å². The highest BCUT2D eigenvalue weighted by molar-refractivity contribution is 5.81. The molecule has 1 aromatic carbocycles. The number of esters is 1. The number of nitrogens with zero attached hydrogens (tertiary/aromatic N) is 4. The highest BCUT2D eigenvalue weighted by Gasteiger charge is 2.21. The summed E-state index contributed by atoms with van der Waals surface area (Å²) in [5.74, 6) is 0.714. The van der Waals surface area contributed by atoms with Gasteiger partial charge < -0.3 is 14.2 Å². The molecule has 7 heteroatoms. The van der Waals surface area contributed by atoms with E-state index in [-0.39, 0.29) is 24.7 Å². The van der Waals surface area contributed by atoms with Crippen molar-refractivity contribution >= 4 is 11.9 Å². The number of amides is 1. The topological polar surface area (TPSA) is 67.7 Å². The lowest BCUT2D eigenvalue weighted by atomic mass is 10.2. The Morgan fingerprint density at radius 1 is 1.04 bits per heavy atom. The van der Waals surface area contributed by atoms with Gasteiger partial charge in [-0.1, -0.05) is 30.3 Å². The van der Waals surface area contributed by atoms with Gasteiger partial charge in [0, 0.05) is 63.6 Å². The lowest BCUT2D eigenvalue weighted by Gasteiger charge is -2.34. The standard InChI is InChI=1S/C21H28N4O3/c1-2-28-20(27)9-8-19(26)24-15-12-23(13-16-24)14-17-25-11-10-22-21(25)18-6-4-3-5-7-18/h3-7,10-11H,2,8-9,12-17H2,1H3. The van der Waals surface area contributed by atoms with Gasteiger partial charge in [-0.3, -0.25) is 14.5 Å². The second-order valence-corrected chi connectivity index (χ2v) is 6.84. The van der Waals surface area contributed by atoms with E-state index >= 15 is 0 Å². The van der Waals surface area contributed by atoms with Crippen LogP contribution in [0.4, 0.5) is 0 Å². The van der Waals surface area contributed by atoms with E-state index in [4.69, 9.17) is 4.74 Å². The fourth-order valence-electron chi connectivity index (χ4n) is 3.41. The molecule has 2 aromatic rings. The van der Waals surface area contributed by atoms with Gasteiger partial charge in [0.25, 0.3) is 0 Å². The molecule has 7 nitrogen and oxygen atoms in total. The molecule has 150 valence electrons. The number of carbonyl (C=O) groups is 2. The third-order valence-corrected chi connectivity index (χ3v) is 4.98. The van der Waals surface area contributed by atoms with Gasteiger partial charge in [0.15, 0.2) is 0 Å². The summed E-state index contributed by atoms with van der Waals surface area (Å²) in [4.78, 5) is 32.3. The fourth-order valence-corrected chi connectivity index (χ4v) is 3.41. The van der Waals surface area contributed by atoms with E-state index in [2.05, 4.69) is 26.6 Å². The molecular formula is C21H28N4O3. The molecule has 0 bridgehead atoms. The minimum absolute atomic E-state index is 0.0358. The zero-order chi connectivity index (χ0) is 19.8. The molecule has 0 saturated carbocycles. The number of piperazine rings is 1. The van der Waals surface area contributed by atoms with Crippen LogP contribution in [0, 0.1) is 0 Å². The van der Waals surface area contributed by atoms with Gasteiger partial charge in [-0.05, 0) is 6.92 Å². The summed E-state index contributed by atoms with van der Waals surface area (Å²) in [6.07, 6.45) is 4.24. The van der Waals surface area contributed by atoms with Crippen LogP contribution in [0.3, 0.4) is 0 Å². The average molecular weight is 384 g/mol. The van der Waals surface area contributed by atoms with Crippen LogP contribution in [-0.2, 0) is 20.9 Å². The third kappa shape index (κ3) is 5.42. The number of imidazole rings is 1. The first-order valence-electron chi connectivity index (χ1n) is 9.89. The van der Waals surface area contributed by atoms with Crippen molar-refractivity contribution in [3.05, 3.63) is 42.7 Å². The summed E-state index contributed by atoms with van der Waals surface area (Å²) in [6.45, 7) is 7.01. The highest BCUT2D eigenvalue weighted by atomic mass is 16.5. The smallest absolute Gasteiger partial charge is 0.306 e. The summed E-state index contributed by atoms with van der Waals surface area (Å²) in [5, 5.41) is 0. The first kappa shape index (κ1) is 20.1. The zero-order valence-corrected chi connectivity index (χ0v) is 16.4. The Balaban J connectivity index is 1.43. The Bertz CT molecular complexity index is 767. The van der Waals surface area contributed by atoms with E-state index in [1.165, 1.54) is 0 Å². The van der Waals surface area contributed by atoms with E-state index in [0.29, 0.717) is 19.7 Å². The monoisotopic (exact) mass is 384 g/mol. The van der Waals surface area contributed by atoms with Gasteiger partial charge >= 0.3 is 5.97 Å². The maximum absolute atomic E-state index is 12.2. The van der Waals surface area contributed by atoms with Gasteiger partial charge in [-0.2, -0.15) is 0 Å². The van der Waals surface area contributed by atoms with Crippen molar-refractivity contribution in [1.29, 1.82) is 0 Å². The molecule has 0 atom stereocenters. The molecule has 3 rings (SSSR count). The molecule has 28 heavy (non-hydrogen) atoms. The lowest BCUT2D eigenvalue weighted by molar-refractivity contribution is -0.146. The van der Waals surface area contributed by atoms with Gasteiger partial charge in [0.2, 0.25) is 5.91 Å². The molecule has 1 amide bonds. The molecule has 1 fully saturated rings. The number of aromatic nitrogens is 2.